The predicted octanol–water partition coefficient (Wildman–Crippen LogP) is 1.72. The van der Waals surface area contributed by atoms with Gasteiger partial charge in [0.15, 0.2) is 0 Å². The quantitative estimate of drug-likeness (QED) is 0.816. The molecule has 5 heteroatoms. The molecule has 0 unspecified atom stereocenters. The minimum atomic E-state index is -2.59. The van der Waals surface area contributed by atoms with Crippen molar-refractivity contribution in [2.75, 3.05) is 13.2 Å². The number of hydrogen-bond acceptors (Lipinski definition) is 2. The van der Waals surface area contributed by atoms with Crippen LogP contribution in [0, 0.1) is 18.8 Å². The third-order valence-corrected chi connectivity index (χ3v) is 2.30. The fourth-order valence-corrected chi connectivity index (χ4v) is 1.43. The Balaban J connectivity index is 2.94. The number of hydrogen-bond donors (Lipinski definition) is 2. The Labute approximate surface area is 110 Å². The number of carbonyl (C=O) groups excluding carboxylic acids is 1. The van der Waals surface area contributed by atoms with Gasteiger partial charge in [-0.25, -0.2) is 8.78 Å². The third kappa shape index (κ3) is 5.06. The number of aliphatic hydroxyl groups excluding tert-OH is 1. The second kappa shape index (κ2) is 7.49. The summed E-state index contributed by atoms with van der Waals surface area (Å²) in [5, 5.41) is 10.8. The lowest BCUT2D eigenvalue weighted by molar-refractivity contribution is 0.0891. The van der Waals surface area contributed by atoms with Crippen LogP contribution in [0.3, 0.4) is 0 Å². The van der Waals surface area contributed by atoms with Crippen molar-refractivity contribution >= 4 is 5.91 Å². The Hall–Kier alpha value is -1.93. The van der Waals surface area contributed by atoms with Crippen LogP contribution in [0.25, 0.3) is 0 Å². The number of carbonyl (C=O) groups is 1. The predicted molar refractivity (Wildman–Crippen MR) is 68.1 cm³/mol. The summed E-state index contributed by atoms with van der Waals surface area (Å²) < 4.78 is 24.1. The number of benzene rings is 1. The smallest absolute Gasteiger partial charge is 0.255 e. The molecule has 1 aromatic rings. The van der Waals surface area contributed by atoms with Gasteiger partial charge in [0.05, 0.1) is 18.7 Å². The summed E-state index contributed by atoms with van der Waals surface area (Å²) in [5.41, 5.74) is 1.58. The minimum absolute atomic E-state index is 0.0637. The lowest BCUT2D eigenvalue weighted by Crippen LogP contribution is -2.29. The van der Waals surface area contributed by atoms with E-state index in [-0.39, 0.29) is 12.2 Å². The van der Waals surface area contributed by atoms with Crippen molar-refractivity contribution in [2.24, 2.45) is 0 Å². The first-order valence-corrected chi connectivity index (χ1v) is 5.81. The lowest BCUT2D eigenvalue weighted by atomic mass is 10.0. The van der Waals surface area contributed by atoms with Crippen LogP contribution in [0.5, 0.6) is 0 Å². The highest BCUT2D eigenvalue weighted by Gasteiger charge is 2.12. The van der Waals surface area contributed by atoms with Crippen molar-refractivity contribution in [3.05, 3.63) is 34.9 Å². The van der Waals surface area contributed by atoms with E-state index in [1.54, 1.807) is 25.1 Å². The van der Waals surface area contributed by atoms with Gasteiger partial charge in [-0.1, -0.05) is 23.5 Å². The molecule has 1 rings (SSSR count). The Morgan fingerprint density at radius 1 is 1.47 bits per heavy atom. The zero-order chi connectivity index (χ0) is 14.3. The molecule has 1 amide bonds. The first kappa shape index (κ1) is 15.1. The Kier molecular flexibility index (Phi) is 5.97. The number of nitrogens with one attached hydrogen (secondary N) is 1. The van der Waals surface area contributed by atoms with E-state index in [0.29, 0.717) is 12.0 Å². The molecule has 0 atom stereocenters. The molecule has 0 saturated heterocycles. The summed E-state index contributed by atoms with van der Waals surface area (Å²) in [6.45, 7) is 1.05. The minimum Gasteiger partial charge on any atom is -0.395 e. The Morgan fingerprint density at radius 2 is 2.21 bits per heavy atom. The van der Waals surface area contributed by atoms with E-state index in [0.717, 1.165) is 5.56 Å². The van der Waals surface area contributed by atoms with Gasteiger partial charge in [-0.05, 0) is 19.1 Å². The van der Waals surface area contributed by atoms with Crippen LogP contribution >= 0.6 is 0 Å². The maximum absolute atomic E-state index is 12.1. The Morgan fingerprint density at radius 3 is 2.84 bits per heavy atom. The molecular weight excluding hydrogens is 252 g/mol. The van der Waals surface area contributed by atoms with Gasteiger partial charge < -0.3 is 10.4 Å². The Bertz CT molecular complexity index is 504. The van der Waals surface area contributed by atoms with Gasteiger partial charge in [0.2, 0.25) is 0 Å². The highest BCUT2D eigenvalue weighted by Crippen LogP contribution is 2.11. The highest BCUT2D eigenvalue weighted by atomic mass is 19.3. The van der Waals surface area contributed by atoms with Crippen LogP contribution < -0.4 is 5.32 Å². The molecule has 0 aromatic heterocycles. The monoisotopic (exact) mass is 267 g/mol. The number of halogens is 2. The maximum atomic E-state index is 12.1. The van der Waals surface area contributed by atoms with Gasteiger partial charge >= 0.3 is 0 Å². The second-order valence-electron chi connectivity index (χ2n) is 3.93. The molecule has 0 fully saturated rings. The van der Waals surface area contributed by atoms with Crippen LogP contribution in [0.4, 0.5) is 8.78 Å². The first-order valence-electron chi connectivity index (χ1n) is 5.81. The summed E-state index contributed by atoms with van der Waals surface area (Å²) in [6.07, 6.45) is -2.29. The molecular formula is C14H15F2NO2. The summed E-state index contributed by atoms with van der Waals surface area (Å²) in [7, 11) is 0. The van der Waals surface area contributed by atoms with Gasteiger partial charge in [0, 0.05) is 12.0 Å². The molecule has 1 aromatic carbocycles. The number of amides is 1. The van der Waals surface area contributed by atoms with E-state index in [1.807, 2.05) is 0 Å². The van der Waals surface area contributed by atoms with Crippen molar-refractivity contribution in [1.29, 1.82) is 0 Å². The molecule has 0 saturated carbocycles. The molecule has 102 valence electrons. The van der Waals surface area contributed by atoms with E-state index in [1.165, 1.54) is 0 Å². The normalized spacial score (nSPS) is 9.95. The van der Waals surface area contributed by atoms with Crippen LogP contribution in [-0.4, -0.2) is 30.6 Å². The van der Waals surface area contributed by atoms with Crippen molar-refractivity contribution in [3.8, 4) is 11.8 Å². The van der Waals surface area contributed by atoms with Crippen LogP contribution in [0.15, 0.2) is 18.2 Å². The van der Waals surface area contributed by atoms with E-state index >= 15 is 0 Å². The molecule has 0 aliphatic heterocycles. The third-order valence-electron chi connectivity index (χ3n) is 2.30. The molecule has 0 aliphatic rings. The summed E-state index contributed by atoms with van der Waals surface area (Å²) >= 11 is 0. The van der Waals surface area contributed by atoms with E-state index in [9.17, 15) is 13.6 Å². The second-order valence-corrected chi connectivity index (χ2v) is 3.93. The van der Waals surface area contributed by atoms with Crippen molar-refractivity contribution in [3.63, 3.8) is 0 Å². The molecule has 0 bridgehead atoms. The standard InChI is InChI=1S/C14H15F2NO2/c1-10-5-6-11(4-2-3-7-18)12(8-10)14(19)17-9-13(15)16/h5-6,8,13,18H,3,7,9H2,1H3,(H,17,19). The van der Waals surface area contributed by atoms with Crippen LogP contribution in [0.2, 0.25) is 0 Å². The summed E-state index contributed by atoms with van der Waals surface area (Å²) in [6, 6.07) is 5.05. The van der Waals surface area contributed by atoms with Crippen molar-refractivity contribution < 1.29 is 18.7 Å². The summed E-state index contributed by atoms with van der Waals surface area (Å²) in [5.74, 6) is 4.88. The fraction of sp³-hybridized carbons (Fsp3) is 0.357. The largest absolute Gasteiger partial charge is 0.395 e. The van der Waals surface area contributed by atoms with Crippen molar-refractivity contribution in [2.45, 2.75) is 19.8 Å². The van der Waals surface area contributed by atoms with Crippen molar-refractivity contribution in [1.82, 2.24) is 5.32 Å². The molecule has 0 radical (unpaired) electrons. The number of aliphatic hydroxyl groups is 1. The molecule has 0 spiro atoms. The topological polar surface area (TPSA) is 49.3 Å². The average molecular weight is 267 g/mol. The zero-order valence-electron chi connectivity index (χ0n) is 10.5. The molecule has 19 heavy (non-hydrogen) atoms. The molecule has 3 nitrogen and oxygen atoms in total. The number of alkyl halides is 2. The lowest BCUT2D eigenvalue weighted by Gasteiger charge is -2.07. The van der Waals surface area contributed by atoms with Crippen LogP contribution in [0.1, 0.15) is 27.9 Å². The van der Waals surface area contributed by atoms with E-state index in [4.69, 9.17) is 5.11 Å². The molecule has 2 N–H and O–H groups in total. The van der Waals surface area contributed by atoms with E-state index in [2.05, 4.69) is 17.2 Å². The van der Waals surface area contributed by atoms with Crippen LogP contribution in [-0.2, 0) is 0 Å². The first-order chi connectivity index (χ1) is 9.04. The SMILES string of the molecule is Cc1ccc(C#CCCO)c(C(=O)NCC(F)F)c1. The van der Waals surface area contributed by atoms with Gasteiger partial charge in [0.1, 0.15) is 0 Å². The summed E-state index contributed by atoms with van der Waals surface area (Å²) in [4.78, 5) is 11.8. The van der Waals surface area contributed by atoms with Gasteiger partial charge in [0.25, 0.3) is 12.3 Å². The highest BCUT2D eigenvalue weighted by molar-refractivity contribution is 5.96. The van der Waals surface area contributed by atoms with Gasteiger partial charge in [-0.3, -0.25) is 4.79 Å². The average Bonchev–Trinajstić information content (AvgIpc) is 2.37. The molecule has 0 heterocycles. The van der Waals surface area contributed by atoms with Gasteiger partial charge in [-0.15, -0.1) is 0 Å². The maximum Gasteiger partial charge on any atom is 0.255 e. The van der Waals surface area contributed by atoms with E-state index < -0.39 is 18.9 Å². The number of aryl methyl sites for hydroxylation is 1. The number of rotatable bonds is 4. The fourth-order valence-electron chi connectivity index (χ4n) is 1.43. The zero-order valence-corrected chi connectivity index (χ0v) is 10.5. The molecule has 0 aliphatic carbocycles. The van der Waals surface area contributed by atoms with Gasteiger partial charge in [-0.2, -0.15) is 0 Å².